The molecule has 1 aliphatic heterocycles. The second kappa shape index (κ2) is 4.33. The Morgan fingerprint density at radius 3 is 2.73 bits per heavy atom. The first-order valence-electron chi connectivity index (χ1n) is 5.11. The molecule has 0 bridgehead atoms. The molecule has 0 aliphatic carbocycles. The summed E-state index contributed by atoms with van der Waals surface area (Å²) in [7, 11) is 2.14. The van der Waals surface area contributed by atoms with Crippen LogP contribution in [0.2, 0.25) is 5.15 Å². The Kier molecular flexibility index (Phi) is 3.07. The number of piperazine rings is 1. The van der Waals surface area contributed by atoms with Gasteiger partial charge in [0.1, 0.15) is 0 Å². The molecule has 0 amide bonds. The fourth-order valence-electron chi connectivity index (χ4n) is 1.94. The summed E-state index contributed by atoms with van der Waals surface area (Å²) in [5.74, 6) is 0.917. The molecule has 1 unspecified atom stereocenters. The third kappa shape index (κ3) is 2.38. The Morgan fingerprint density at radius 1 is 1.33 bits per heavy atom. The summed E-state index contributed by atoms with van der Waals surface area (Å²) >= 11 is 5.71. The van der Waals surface area contributed by atoms with Crippen LogP contribution in [0.1, 0.15) is 6.92 Å². The first-order valence-corrected chi connectivity index (χ1v) is 5.49. The predicted octanol–water partition coefficient (Wildman–Crippen LogP) is 1.27. The van der Waals surface area contributed by atoms with Gasteiger partial charge in [0, 0.05) is 25.7 Å². The van der Waals surface area contributed by atoms with E-state index in [1.165, 1.54) is 0 Å². The maximum atomic E-state index is 5.71. The van der Waals surface area contributed by atoms with Crippen LogP contribution < -0.4 is 4.90 Å². The van der Waals surface area contributed by atoms with Crippen molar-refractivity contribution in [3.63, 3.8) is 0 Å². The van der Waals surface area contributed by atoms with E-state index in [-0.39, 0.29) is 0 Å². The highest BCUT2D eigenvalue weighted by Gasteiger charge is 2.22. The highest BCUT2D eigenvalue weighted by atomic mass is 35.5. The fourth-order valence-corrected chi connectivity index (χ4v) is 2.04. The minimum absolute atomic E-state index is 0.445. The molecule has 0 radical (unpaired) electrons. The van der Waals surface area contributed by atoms with Crippen molar-refractivity contribution < 1.29 is 0 Å². The molecule has 2 rings (SSSR count). The van der Waals surface area contributed by atoms with Crippen LogP contribution in [0.15, 0.2) is 12.1 Å². The summed E-state index contributed by atoms with van der Waals surface area (Å²) in [5.41, 5.74) is 0. The summed E-state index contributed by atoms with van der Waals surface area (Å²) in [6, 6.07) is 4.19. The summed E-state index contributed by atoms with van der Waals surface area (Å²) in [4.78, 5) is 4.59. The first-order chi connectivity index (χ1) is 7.16. The van der Waals surface area contributed by atoms with Crippen LogP contribution in [0.4, 0.5) is 5.82 Å². The van der Waals surface area contributed by atoms with Gasteiger partial charge in [-0.25, -0.2) is 0 Å². The van der Waals surface area contributed by atoms with Crippen LogP contribution in [-0.4, -0.2) is 47.8 Å². The number of hydrogen-bond acceptors (Lipinski definition) is 4. The molecule has 82 valence electrons. The molecule has 1 aliphatic rings. The van der Waals surface area contributed by atoms with E-state index in [1.54, 1.807) is 6.07 Å². The van der Waals surface area contributed by atoms with Gasteiger partial charge in [-0.2, -0.15) is 0 Å². The molecule has 1 aromatic rings. The quantitative estimate of drug-likeness (QED) is 0.722. The van der Waals surface area contributed by atoms with E-state index in [0.29, 0.717) is 11.2 Å². The predicted molar refractivity (Wildman–Crippen MR) is 61.3 cm³/mol. The summed E-state index contributed by atoms with van der Waals surface area (Å²) in [5, 5.41) is 8.42. The maximum absolute atomic E-state index is 5.71. The third-order valence-electron chi connectivity index (χ3n) is 2.74. The van der Waals surface area contributed by atoms with Gasteiger partial charge in [-0.05, 0) is 26.1 Å². The van der Waals surface area contributed by atoms with Crippen LogP contribution in [-0.2, 0) is 0 Å². The fraction of sp³-hybridized carbons (Fsp3) is 0.600. The average molecular weight is 227 g/mol. The Bertz CT molecular complexity index is 327. The van der Waals surface area contributed by atoms with Gasteiger partial charge < -0.3 is 9.80 Å². The molecule has 15 heavy (non-hydrogen) atoms. The van der Waals surface area contributed by atoms with Crippen LogP contribution >= 0.6 is 11.6 Å². The van der Waals surface area contributed by atoms with Crippen molar-refractivity contribution in [2.24, 2.45) is 0 Å². The van der Waals surface area contributed by atoms with E-state index in [9.17, 15) is 0 Å². The lowest BCUT2D eigenvalue weighted by atomic mass is 10.2. The van der Waals surface area contributed by atoms with Crippen molar-refractivity contribution >= 4 is 17.4 Å². The minimum Gasteiger partial charge on any atom is -0.350 e. The number of aromatic nitrogens is 2. The van der Waals surface area contributed by atoms with Crippen molar-refractivity contribution in [3.05, 3.63) is 17.3 Å². The summed E-state index contributed by atoms with van der Waals surface area (Å²) in [6.45, 7) is 5.32. The Labute approximate surface area is 94.8 Å². The highest BCUT2D eigenvalue weighted by Crippen LogP contribution is 2.17. The largest absolute Gasteiger partial charge is 0.350 e. The van der Waals surface area contributed by atoms with E-state index in [4.69, 9.17) is 11.6 Å². The lowest BCUT2D eigenvalue weighted by Gasteiger charge is -2.38. The third-order valence-corrected chi connectivity index (χ3v) is 2.94. The summed E-state index contributed by atoms with van der Waals surface area (Å²) < 4.78 is 0. The standard InChI is InChI=1S/C10H15ClN4/c1-8-7-14(2)5-6-15(8)10-4-3-9(11)12-13-10/h3-4,8H,5-7H2,1-2H3. The molecular formula is C10H15ClN4. The van der Waals surface area contributed by atoms with Crippen molar-refractivity contribution in [2.75, 3.05) is 31.6 Å². The van der Waals surface area contributed by atoms with Gasteiger partial charge >= 0.3 is 0 Å². The van der Waals surface area contributed by atoms with Gasteiger partial charge in [0.05, 0.1) is 0 Å². The zero-order valence-corrected chi connectivity index (χ0v) is 9.78. The zero-order chi connectivity index (χ0) is 10.8. The van der Waals surface area contributed by atoms with Crippen molar-refractivity contribution in [2.45, 2.75) is 13.0 Å². The maximum Gasteiger partial charge on any atom is 0.151 e. The zero-order valence-electron chi connectivity index (χ0n) is 9.02. The topological polar surface area (TPSA) is 32.3 Å². The van der Waals surface area contributed by atoms with Gasteiger partial charge in [-0.15, -0.1) is 10.2 Å². The van der Waals surface area contributed by atoms with Crippen molar-refractivity contribution in [1.29, 1.82) is 0 Å². The van der Waals surface area contributed by atoms with Gasteiger partial charge in [0.2, 0.25) is 0 Å². The SMILES string of the molecule is CC1CN(C)CCN1c1ccc(Cl)nn1. The van der Waals surface area contributed by atoms with Crippen LogP contribution in [0, 0.1) is 0 Å². The molecule has 4 nitrogen and oxygen atoms in total. The van der Waals surface area contributed by atoms with Gasteiger partial charge in [0.25, 0.3) is 0 Å². The number of rotatable bonds is 1. The smallest absolute Gasteiger partial charge is 0.151 e. The van der Waals surface area contributed by atoms with Crippen molar-refractivity contribution in [1.82, 2.24) is 15.1 Å². The molecule has 1 aromatic heterocycles. The van der Waals surface area contributed by atoms with Crippen LogP contribution in [0.3, 0.4) is 0 Å². The molecule has 0 saturated carbocycles. The lowest BCUT2D eigenvalue weighted by Crippen LogP contribution is -2.50. The molecule has 0 N–H and O–H groups in total. The molecule has 0 aromatic carbocycles. The normalized spacial score (nSPS) is 23.1. The minimum atomic E-state index is 0.445. The van der Waals surface area contributed by atoms with E-state index in [0.717, 1.165) is 25.5 Å². The Hall–Kier alpha value is -0.870. The molecule has 5 heteroatoms. The van der Waals surface area contributed by atoms with Gasteiger partial charge in [-0.1, -0.05) is 11.6 Å². The van der Waals surface area contributed by atoms with Crippen LogP contribution in [0.25, 0.3) is 0 Å². The van der Waals surface area contributed by atoms with Gasteiger partial charge in [0.15, 0.2) is 11.0 Å². The number of halogens is 1. The Morgan fingerprint density at radius 2 is 2.13 bits per heavy atom. The Balaban J connectivity index is 2.13. The van der Waals surface area contributed by atoms with Crippen LogP contribution in [0.5, 0.6) is 0 Å². The second-order valence-corrected chi connectivity index (χ2v) is 4.41. The molecule has 0 spiro atoms. The van der Waals surface area contributed by atoms with E-state index < -0.39 is 0 Å². The molecule has 2 heterocycles. The second-order valence-electron chi connectivity index (χ2n) is 4.02. The number of nitrogens with zero attached hydrogens (tertiary/aromatic N) is 4. The van der Waals surface area contributed by atoms with Gasteiger partial charge in [-0.3, -0.25) is 0 Å². The molecule has 1 saturated heterocycles. The van der Waals surface area contributed by atoms with E-state index in [2.05, 4.69) is 34.0 Å². The summed E-state index contributed by atoms with van der Waals surface area (Å²) in [6.07, 6.45) is 0. The van der Waals surface area contributed by atoms with Crippen molar-refractivity contribution in [3.8, 4) is 0 Å². The van der Waals surface area contributed by atoms with E-state index >= 15 is 0 Å². The number of anilines is 1. The average Bonchev–Trinajstić information content (AvgIpc) is 2.20. The van der Waals surface area contributed by atoms with E-state index in [1.807, 2.05) is 6.07 Å². The lowest BCUT2D eigenvalue weighted by molar-refractivity contribution is 0.274. The monoisotopic (exact) mass is 226 g/mol. The molecular weight excluding hydrogens is 212 g/mol. The first kappa shape index (κ1) is 10.6. The molecule has 1 atom stereocenters. The molecule has 1 fully saturated rings. The highest BCUT2D eigenvalue weighted by molar-refractivity contribution is 6.29. The number of likely N-dealkylation sites (N-methyl/N-ethyl adjacent to an activating group) is 1. The number of hydrogen-bond donors (Lipinski definition) is 0.